The van der Waals surface area contributed by atoms with Crippen LogP contribution in [0.5, 0.6) is 0 Å². The number of anilines is 1. The Hall–Kier alpha value is -2.41. The van der Waals surface area contributed by atoms with Gasteiger partial charge in [-0.2, -0.15) is 5.10 Å². The lowest BCUT2D eigenvalue weighted by Gasteiger charge is -2.37. The molecule has 3 rings (SSSR count). The Morgan fingerprint density at radius 1 is 1.46 bits per heavy atom. The fourth-order valence-corrected chi connectivity index (χ4v) is 3.23. The van der Waals surface area contributed by atoms with Gasteiger partial charge in [0.05, 0.1) is 6.04 Å². The van der Waals surface area contributed by atoms with Crippen molar-refractivity contribution in [3.8, 4) is 0 Å². The van der Waals surface area contributed by atoms with E-state index in [-0.39, 0.29) is 18.6 Å². The van der Waals surface area contributed by atoms with Crippen molar-refractivity contribution in [2.45, 2.75) is 25.4 Å². The number of piperidine rings is 1. The summed E-state index contributed by atoms with van der Waals surface area (Å²) in [5.41, 5.74) is 0.404. The van der Waals surface area contributed by atoms with E-state index in [1.54, 1.807) is 30.3 Å². The first-order valence-corrected chi connectivity index (χ1v) is 8.89. The van der Waals surface area contributed by atoms with E-state index >= 15 is 0 Å². The summed E-state index contributed by atoms with van der Waals surface area (Å²) >= 11 is 5.75. The summed E-state index contributed by atoms with van der Waals surface area (Å²) in [4.78, 5) is 16.3. The zero-order valence-electron chi connectivity index (χ0n) is 14.5. The van der Waals surface area contributed by atoms with Crippen molar-refractivity contribution in [2.75, 3.05) is 25.0 Å². The lowest BCUT2D eigenvalue weighted by molar-refractivity contribution is 0.182. The second kappa shape index (κ2) is 8.31. The third-order valence-corrected chi connectivity index (χ3v) is 4.83. The van der Waals surface area contributed by atoms with Crippen LogP contribution in [0.3, 0.4) is 0 Å². The molecule has 0 aliphatic carbocycles. The van der Waals surface area contributed by atoms with E-state index in [0.29, 0.717) is 17.1 Å². The number of aromatic nitrogens is 2. The molecule has 1 aliphatic rings. The lowest BCUT2D eigenvalue weighted by Crippen LogP contribution is -2.51. The van der Waals surface area contributed by atoms with Crippen molar-refractivity contribution in [1.29, 1.82) is 0 Å². The average molecular weight is 378 g/mol. The summed E-state index contributed by atoms with van der Waals surface area (Å²) in [6.45, 7) is 1.70. The molecule has 1 saturated heterocycles. The van der Waals surface area contributed by atoms with Gasteiger partial charge in [-0.25, -0.2) is 9.18 Å². The quantitative estimate of drug-likeness (QED) is 0.889. The number of likely N-dealkylation sites (N-methyl/N-ethyl adjacent to an activating group) is 1. The molecule has 0 radical (unpaired) electrons. The molecule has 138 valence electrons. The highest BCUT2D eigenvalue weighted by Gasteiger charge is 2.26. The van der Waals surface area contributed by atoms with Gasteiger partial charge < -0.3 is 15.1 Å². The Labute approximate surface area is 157 Å². The average Bonchev–Trinajstić information content (AvgIpc) is 2.67. The van der Waals surface area contributed by atoms with Crippen LogP contribution in [-0.2, 0) is 6.54 Å². The van der Waals surface area contributed by atoms with E-state index in [0.717, 1.165) is 25.2 Å². The number of carbonyl (C=O) groups is 1. The molecule has 2 amide bonds. The van der Waals surface area contributed by atoms with Crippen LogP contribution < -0.4 is 10.2 Å². The Kier molecular flexibility index (Phi) is 5.88. The van der Waals surface area contributed by atoms with E-state index in [2.05, 4.69) is 20.4 Å². The highest BCUT2D eigenvalue weighted by molar-refractivity contribution is 6.30. The number of carbonyl (C=O) groups excluding carboxylic acids is 1. The number of halogens is 2. The summed E-state index contributed by atoms with van der Waals surface area (Å²) in [7, 11) is 1.76. The Balaban J connectivity index is 1.57. The van der Waals surface area contributed by atoms with Crippen molar-refractivity contribution in [1.82, 2.24) is 20.4 Å². The topological polar surface area (TPSA) is 61.4 Å². The minimum atomic E-state index is -0.424. The van der Waals surface area contributed by atoms with Gasteiger partial charge in [0.1, 0.15) is 5.82 Å². The standard InChI is InChI=1S/C18H21ClFN5O/c1-24(18(26)21-11-13-6-7-14(19)10-16(13)20)15-4-3-9-25(12-15)17-5-2-8-22-23-17/h2,5-8,10,15H,3-4,9,11-12H2,1H3,(H,21,26)/t15-/m1/s1. The van der Waals surface area contributed by atoms with Crippen molar-refractivity contribution in [3.63, 3.8) is 0 Å². The molecule has 1 N–H and O–H groups in total. The molecule has 0 bridgehead atoms. The first-order valence-electron chi connectivity index (χ1n) is 8.52. The predicted octanol–water partition coefficient (Wildman–Crippen LogP) is 3.08. The number of nitrogens with zero attached hydrogens (tertiary/aromatic N) is 4. The van der Waals surface area contributed by atoms with E-state index in [1.165, 1.54) is 6.07 Å². The monoisotopic (exact) mass is 377 g/mol. The first kappa shape index (κ1) is 18.4. The van der Waals surface area contributed by atoms with Gasteiger partial charge >= 0.3 is 6.03 Å². The second-order valence-electron chi connectivity index (χ2n) is 6.33. The molecular weight excluding hydrogens is 357 g/mol. The van der Waals surface area contributed by atoms with E-state index in [4.69, 9.17) is 11.6 Å². The van der Waals surface area contributed by atoms with Gasteiger partial charge in [-0.05, 0) is 37.1 Å². The van der Waals surface area contributed by atoms with Gasteiger partial charge in [0, 0.05) is 43.5 Å². The van der Waals surface area contributed by atoms with Crippen molar-refractivity contribution >= 4 is 23.4 Å². The zero-order chi connectivity index (χ0) is 18.5. The lowest BCUT2D eigenvalue weighted by atomic mass is 10.0. The molecule has 26 heavy (non-hydrogen) atoms. The molecule has 8 heteroatoms. The molecule has 6 nitrogen and oxygen atoms in total. The van der Waals surface area contributed by atoms with Gasteiger partial charge in [0.25, 0.3) is 0 Å². The number of amides is 2. The minimum absolute atomic E-state index is 0.0563. The minimum Gasteiger partial charge on any atom is -0.353 e. The molecule has 1 atom stereocenters. The number of rotatable bonds is 4. The molecule has 2 heterocycles. The van der Waals surface area contributed by atoms with Crippen molar-refractivity contribution < 1.29 is 9.18 Å². The number of urea groups is 1. The number of benzene rings is 1. The van der Waals surface area contributed by atoms with Crippen LogP contribution in [0, 0.1) is 5.82 Å². The van der Waals surface area contributed by atoms with Crippen LogP contribution in [0.2, 0.25) is 5.02 Å². The van der Waals surface area contributed by atoms with Gasteiger partial charge in [0.15, 0.2) is 5.82 Å². The maximum atomic E-state index is 13.8. The maximum absolute atomic E-state index is 13.8. The molecule has 1 fully saturated rings. The van der Waals surface area contributed by atoms with Gasteiger partial charge in [0.2, 0.25) is 0 Å². The third kappa shape index (κ3) is 4.40. The molecule has 0 spiro atoms. The van der Waals surface area contributed by atoms with Crippen LogP contribution in [0.4, 0.5) is 15.0 Å². The molecule has 1 aliphatic heterocycles. The highest BCUT2D eigenvalue weighted by Crippen LogP contribution is 2.20. The normalized spacial score (nSPS) is 17.0. The SMILES string of the molecule is CN(C(=O)NCc1ccc(Cl)cc1F)[C@@H]1CCCN(c2cccnn2)C1. The second-order valence-corrected chi connectivity index (χ2v) is 6.77. The Morgan fingerprint density at radius 2 is 2.31 bits per heavy atom. The molecule has 0 unspecified atom stereocenters. The van der Waals surface area contributed by atoms with Gasteiger partial charge in [-0.15, -0.1) is 5.10 Å². The van der Waals surface area contributed by atoms with Crippen LogP contribution in [0.25, 0.3) is 0 Å². The molecule has 2 aromatic rings. The van der Waals surface area contributed by atoms with Crippen LogP contribution in [0.1, 0.15) is 18.4 Å². The van der Waals surface area contributed by atoms with Crippen LogP contribution in [-0.4, -0.2) is 47.3 Å². The van der Waals surface area contributed by atoms with E-state index in [9.17, 15) is 9.18 Å². The van der Waals surface area contributed by atoms with Gasteiger partial charge in [-0.3, -0.25) is 0 Å². The molecule has 1 aromatic heterocycles. The third-order valence-electron chi connectivity index (χ3n) is 4.59. The van der Waals surface area contributed by atoms with Crippen LogP contribution >= 0.6 is 11.6 Å². The smallest absolute Gasteiger partial charge is 0.317 e. The van der Waals surface area contributed by atoms with Crippen molar-refractivity contribution in [3.05, 3.63) is 52.9 Å². The molecule has 0 saturated carbocycles. The van der Waals surface area contributed by atoms with E-state index < -0.39 is 5.82 Å². The molecule has 1 aromatic carbocycles. The Bertz CT molecular complexity index is 761. The summed E-state index contributed by atoms with van der Waals surface area (Å²) < 4.78 is 13.8. The summed E-state index contributed by atoms with van der Waals surface area (Å²) in [5.74, 6) is 0.390. The highest BCUT2D eigenvalue weighted by atomic mass is 35.5. The largest absolute Gasteiger partial charge is 0.353 e. The molecular formula is C18H21ClFN5O. The van der Waals surface area contributed by atoms with E-state index in [1.807, 2.05) is 12.1 Å². The Morgan fingerprint density at radius 3 is 3.04 bits per heavy atom. The number of hydrogen-bond acceptors (Lipinski definition) is 4. The fourth-order valence-electron chi connectivity index (χ4n) is 3.07. The van der Waals surface area contributed by atoms with Crippen molar-refractivity contribution in [2.24, 2.45) is 0 Å². The number of hydrogen-bond donors (Lipinski definition) is 1. The fraction of sp³-hybridized carbons (Fsp3) is 0.389. The predicted molar refractivity (Wildman–Crippen MR) is 98.7 cm³/mol. The summed E-state index contributed by atoms with van der Waals surface area (Å²) in [6, 6.07) is 8.02. The maximum Gasteiger partial charge on any atom is 0.317 e. The first-order chi connectivity index (χ1) is 12.5. The van der Waals surface area contributed by atoms with Gasteiger partial charge in [-0.1, -0.05) is 17.7 Å². The zero-order valence-corrected chi connectivity index (χ0v) is 15.3. The van der Waals surface area contributed by atoms with Crippen LogP contribution in [0.15, 0.2) is 36.5 Å². The number of nitrogens with one attached hydrogen (secondary N) is 1. The summed E-state index contributed by atoms with van der Waals surface area (Å²) in [5, 5.41) is 11.2. The summed E-state index contributed by atoms with van der Waals surface area (Å²) in [6.07, 6.45) is 3.51.